The highest BCUT2D eigenvalue weighted by Crippen LogP contribution is 2.38. The topological polar surface area (TPSA) is 81.4 Å². The van der Waals surface area contributed by atoms with E-state index < -0.39 is 0 Å². The Bertz CT molecular complexity index is 988. The first-order valence-corrected chi connectivity index (χ1v) is 10.1. The Kier molecular flexibility index (Phi) is 3.90. The second kappa shape index (κ2) is 6.28. The number of nitrogens with zero attached hydrogens (tertiary/aromatic N) is 4. The molecule has 0 saturated carbocycles. The van der Waals surface area contributed by atoms with Crippen LogP contribution in [0, 0.1) is 5.92 Å². The smallest absolute Gasteiger partial charge is 0.291 e. The summed E-state index contributed by atoms with van der Waals surface area (Å²) in [6.45, 7) is 3.57. The van der Waals surface area contributed by atoms with Crippen LogP contribution in [0.5, 0.6) is 0 Å². The number of carbonyl (C=O) groups is 1. The van der Waals surface area contributed by atoms with Crippen LogP contribution in [0.4, 0.5) is 0 Å². The van der Waals surface area contributed by atoms with Crippen molar-refractivity contribution in [3.05, 3.63) is 22.6 Å². The van der Waals surface area contributed by atoms with E-state index in [-0.39, 0.29) is 17.8 Å². The summed E-state index contributed by atoms with van der Waals surface area (Å²) in [5, 5.41) is 8.32. The van der Waals surface area contributed by atoms with Gasteiger partial charge in [0.2, 0.25) is 5.82 Å². The molecule has 0 unspecified atom stereocenters. The third-order valence-electron chi connectivity index (χ3n) is 5.35. The fourth-order valence-corrected chi connectivity index (χ4v) is 5.11. The summed E-state index contributed by atoms with van der Waals surface area (Å²) in [6.07, 6.45) is 7.18. The molecule has 0 spiro atoms. The van der Waals surface area contributed by atoms with Crippen molar-refractivity contribution in [1.29, 1.82) is 0 Å². The molecule has 136 valence electrons. The van der Waals surface area contributed by atoms with E-state index in [0.717, 1.165) is 48.2 Å². The van der Waals surface area contributed by atoms with E-state index in [2.05, 4.69) is 27.3 Å². The number of amides is 1. The number of aromatic nitrogens is 4. The van der Waals surface area contributed by atoms with Crippen molar-refractivity contribution in [3.63, 3.8) is 0 Å². The second-order valence-corrected chi connectivity index (χ2v) is 8.41. The number of aryl methyl sites for hydroxylation is 1. The molecule has 1 N–H and O–H groups in total. The van der Waals surface area contributed by atoms with Crippen molar-refractivity contribution in [2.45, 2.75) is 45.1 Å². The standard InChI is InChI=1S/C18H21N5O2S/c1-10-4-5-13-12(7-10)14-16-21-15(22-23(16)9-20-18(14)26-13)17(24)19-8-11-3-2-6-25-11/h9-11H,2-8H2,1H3,(H,19,24)/t10-,11-/m0/s1. The number of ether oxygens (including phenoxy) is 1. The predicted octanol–water partition coefficient (Wildman–Crippen LogP) is 2.37. The monoisotopic (exact) mass is 371 g/mol. The lowest BCUT2D eigenvalue weighted by molar-refractivity contribution is 0.0849. The quantitative estimate of drug-likeness (QED) is 0.764. The first-order valence-electron chi connectivity index (χ1n) is 9.24. The molecule has 3 aromatic heterocycles. The van der Waals surface area contributed by atoms with Crippen LogP contribution in [0.25, 0.3) is 15.9 Å². The summed E-state index contributed by atoms with van der Waals surface area (Å²) in [4.78, 5) is 24.0. The van der Waals surface area contributed by atoms with Gasteiger partial charge < -0.3 is 10.1 Å². The molecule has 0 aromatic carbocycles. The lowest BCUT2D eigenvalue weighted by Gasteiger charge is -2.17. The Balaban J connectivity index is 1.49. The third-order valence-corrected chi connectivity index (χ3v) is 6.55. The van der Waals surface area contributed by atoms with E-state index in [4.69, 9.17) is 4.74 Å². The van der Waals surface area contributed by atoms with Crippen LogP contribution >= 0.6 is 11.3 Å². The van der Waals surface area contributed by atoms with Gasteiger partial charge in [-0.05, 0) is 43.6 Å². The van der Waals surface area contributed by atoms with Crippen molar-refractivity contribution in [1.82, 2.24) is 24.9 Å². The van der Waals surface area contributed by atoms with Crippen molar-refractivity contribution in [3.8, 4) is 0 Å². The molecule has 8 heteroatoms. The molecule has 3 aromatic rings. The molecule has 1 aliphatic heterocycles. The number of carbonyl (C=O) groups excluding carboxylic acids is 1. The van der Waals surface area contributed by atoms with Gasteiger partial charge in [0, 0.05) is 18.0 Å². The molecular formula is C18H21N5O2S. The maximum Gasteiger partial charge on any atom is 0.291 e. The van der Waals surface area contributed by atoms with E-state index in [1.165, 1.54) is 16.9 Å². The van der Waals surface area contributed by atoms with Gasteiger partial charge in [-0.25, -0.2) is 14.5 Å². The van der Waals surface area contributed by atoms with Gasteiger partial charge in [-0.1, -0.05) is 6.92 Å². The zero-order valence-corrected chi connectivity index (χ0v) is 15.5. The number of hydrogen-bond acceptors (Lipinski definition) is 6. The van der Waals surface area contributed by atoms with Crippen LogP contribution in [-0.4, -0.2) is 44.7 Å². The van der Waals surface area contributed by atoms with Crippen LogP contribution in [0.3, 0.4) is 0 Å². The number of thiophene rings is 1. The van der Waals surface area contributed by atoms with Gasteiger partial charge in [0.25, 0.3) is 5.91 Å². The Morgan fingerprint density at radius 3 is 3.23 bits per heavy atom. The first-order chi connectivity index (χ1) is 12.7. The molecule has 26 heavy (non-hydrogen) atoms. The highest BCUT2D eigenvalue weighted by atomic mass is 32.1. The minimum atomic E-state index is -0.255. The summed E-state index contributed by atoms with van der Waals surface area (Å²) in [5.74, 6) is 0.605. The zero-order chi connectivity index (χ0) is 17.7. The predicted molar refractivity (Wildman–Crippen MR) is 98.7 cm³/mol. The molecule has 1 amide bonds. The molecule has 7 nitrogen and oxygen atoms in total. The lowest BCUT2D eigenvalue weighted by atomic mass is 9.89. The van der Waals surface area contributed by atoms with Crippen molar-refractivity contribution < 1.29 is 9.53 Å². The summed E-state index contributed by atoms with van der Waals surface area (Å²) in [5.41, 5.74) is 2.09. The lowest BCUT2D eigenvalue weighted by Crippen LogP contribution is -2.32. The van der Waals surface area contributed by atoms with Crippen LogP contribution in [0.1, 0.15) is 47.2 Å². The number of hydrogen-bond donors (Lipinski definition) is 1. The van der Waals surface area contributed by atoms with Gasteiger partial charge in [0.05, 0.1) is 11.5 Å². The SMILES string of the molecule is C[C@H]1CCc2sc3ncn4nc(C(=O)NC[C@@H]5CCCO5)nc4c3c2C1. The molecule has 0 bridgehead atoms. The zero-order valence-electron chi connectivity index (χ0n) is 14.7. The Hall–Kier alpha value is -2.06. The van der Waals surface area contributed by atoms with Gasteiger partial charge in [0.15, 0.2) is 5.65 Å². The summed E-state index contributed by atoms with van der Waals surface area (Å²) >= 11 is 1.75. The molecule has 2 aliphatic rings. The molecular weight excluding hydrogens is 350 g/mol. The van der Waals surface area contributed by atoms with E-state index in [1.807, 2.05) is 0 Å². The normalized spacial score (nSPS) is 22.8. The van der Waals surface area contributed by atoms with Crippen LogP contribution in [0.15, 0.2) is 6.33 Å². The fourth-order valence-electron chi connectivity index (χ4n) is 3.93. The largest absolute Gasteiger partial charge is 0.376 e. The van der Waals surface area contributed by atoms with Gasteiger partial charge in [-0.15, -0.1) is 16.4 Å². The Labute approximate surface area is 154 Å². The van der Waals surface area contributed by atoms with Crippen LogP contribution in [0.2, 0.25) is 0 Å². The van der Waals surface area contributed by atoms with Crippen molar-refractivity contribution >= 4 is 33.1 Å². The molecule has 2 atom stereocenters. The van der Waals surface area contributed by atoms with Crippen LogP contribution in [-0.2, 0) is 17.6 Å². The van der Waals surface area contributed by atoms with E-state index in [9.17, 15) is 4.79 Å². The number of rotatable bonds is 3. The van der Waals surface area contributed by atoms with Crippen molar-refractivity contribution in [2.24, 2.45) is 5.92 Å². The number of nitrogens with one attached hydrogen (secondary N) is 1. The highest BCUT2D eigenvalue weighted by molar-refractivity contribution is 7.19. The van der Waals surface area contributed by atoms with Gasteiger partial charge in [-0.3, -0.25) is 4.79 Å². The molecule has 1 saturated heterocycles. The number of fused-ring (bicyclic) bond motifs is 5. The van der Waals surface area contributed by atoms with Gasteiger partial charge in [0.1, 0.15) is 11.2 Å². The molecule has 1 fully saturated rings. The molecule has 1 aliphatic carbocycles. The highest BCUT2D eigenvalue weighted by Gasteiger charge is 2.25. The van der Waals surface area contributed by atoms with Gasteiger partial charge >= 0.3 is 0 Å². The average molecular weight is 371 g/mol. The maximum absolute atomic E-state index is 12.5. The van der Waals surface area contributed by atoms with E-state index in [1.54, 1.807) is 22.2 Å². The third kappa shape index (κ3) is 2.68. The molecule has 5 rings (SSSR count). The van der Waals surface area contributed by atoms with Gasteiger partial charge in [-0.2, -0.15) is 0 Å². The van der Waals surface area contributed by atoms with E-state index in [0.29, 0.717) is 12.5 Å². The van der Waals surface area contributed by atoms with Crippen LogP contribution < -0.4 is 5.32 Å². The summed E-state index contributed by atoms with van der Waals surface area (Å²) < 4.78 is 7.18. The molecule has 0 radical (unpaired) electrons. The maximum atomic E-state index is 12.5. The summed E-state index contributed by atoms with van der Waals surface area (Å²) in [7, 11) is 0. The first kappa shape index (κ1) is 16.1. The van der Waals surface area contributed by atoms with Crippen molar-refractivity contribution in [2.75, 3.05) is 13.2 Å². The summed E-state index contributed by atoms with van der Waals surface area (Å²) in [6, 6.07) is 0. The average Bonchev–Trinajstić information content (AvgIpc) is 3.36. The Morgan fingerprint density at radius 2 is 2.38 bits per heavy atom. The Morgan fingerprint density at radius 1 is 1.46 bits per heavy atom. The minimum Gasteiger partial charge on any atom is -0.376 e. The van der Waals surface area contributed by atoms with E-state index >= 15 is 0 Å². The fraction of sp³-hybridized carbons (Fsp3) is 0.556. The second-order valence-electron chi connectivity index (χ2n) is 7.33. The molecule has 4 heterocycles. The minimum absolute atomic E-state index is 0.106.